The normalized spacial score (nSPS) is 19.1. The summed E-state index contributed by atoms with van der Waals surface area (Å²) >= 11 is 0. The van der Waals surface area contributed by atoms with Crippen molar-refractivity contribution < 1.29 is 19.0 Å². The summed E-state index contributed by atoms with van der Waals surface area (Å²) in [5.74, 6) is 0.526. The fourth-order valence-corrected chi connectivity index (χ4v) is 2.17. The summed E-state index contributed by atoms with van der Waals surface area (Å²) in [5, 5.41) is 0. The summed E-state index contributed by atoms with van der Waals surface area (Å²) in [6.45, 7) is 1.36. The molecule has 0 saturated carbocycles. The summed E-state index contributed by atoms with van der Waals surface area (Å²) in [7, 11) is 1.56. The number of hydrogen-bond donors (Lipinski definition) is 0. The first-order valence-corrected chi connectivity index (χ1v) is 6.67. The maximum atomic E-state index is 12.0. The van der Waals surface area contributed by atoms with Crippen molar-refractivity contribution in [2.24, 2.45) is 0 Å². The standard InChI is InChI=1S/C15H20O4/c1-17-15-8-3-2-7-13(15)14(16)11-18-10-12-6-4-5-9-19-12/h2-3,7-8,12H,4-6,9-11H2,1H3. The molecule has 1 aliphatic rings. The van der Waals surface area contributed by atoms with Gasteiger partial charge in [-0.2, -0.15) is 0 Å². The number of hydrogen-bond acceptors (Lipinski definition) is 4. The van der Waals surface area contributed by atoms with Gasteiger partial charge in [0.15, 0.2) is 5.78 Å². The van der Waals surface area contributed by atoms with Gasteiger partial charge in [0.25, 0.3) is 0 Å². The molecule has 1 aliphatic heterocycles. The molecular weight excluding hydrogens is 244 g/mol. The highest BCUT2D eigenvalue weighted by atomic mass is 16.5. The number of ketones is 1. The summed E-state index contributed by atoms with van der Waals surface area (Å²) in [6, 6.07) is 7.19. The number of ether oxygens (including phenoxy) is 3. The number of Topliss-reactive ketones (excluding diaryl/α,β-unsaturated/α-hetero) is 1. The van der Waals surface area contributed by atoms with Gasteiger partial charge in [-0.1, -0.05) is 12.1 Å². The summed E-state index contributed by atoms with van der Waals surface area (Å²) < 4.78 is 16.2. The van der Waals surface area contributed by atoms with E-state index in [0.717, 1.165) is 19.4 Å². The molecule has 4 heteroatoms. The third-order valence-electron chi connectivity index (χ3n) is 3.22. The number of methoxy groups -OCH3 is 1. The molecule has 0 spiro atoms. The molecule has 1 atom stereocenters. The Morgan fingerprint density at radius 1 is 1.37 bits per heavy atom. The van der Waals surface area contributed by atoms with Crippen LogP contribution in [0.1, 0.15) is 29.6 Å². The van der Waals surface area contributed by atoms with Crippen LogP contribution >= 0.6 is 0 Å². The predicted molar refractivity (Wildman–Crippen MR) is 71.7 cm³/mol. The fourth-order valence-electron chi connectivity index (χ4n) is 2.17. The van der Waals surface area contributed by atoms with Gasteiger partial charge in [-0.05, 0) is 31.4 Å². The van der Waals surface area contributed by atoms with E-state index in [0.29, 0.717) is 17.9 Å². The second-order valence-electron chi connectivity index (χ2n) is 4.63. The van der Waals surface area contributed by atoms with E-state index in [4.69, 9.17) is 14.2 Å². The highest BCUT2D eigenvalue weighted by molar-refractivity contribution is 5.99. The topological polar surface area (TPSA) is 44.8 Å². The minimum atomic E-state index is -0.0618. The monoisotopic (exact) mass is 264 g/mol. The Kier molecular flexibility index (Phi) is 5.36. The Morgan fingerprint density at radius 2 is 2.21 bits per heavy atom. The van der Waals surface area contributed by atoms with Gasteiger partial charge in [-0.3, -0.25) is 4.79 Å². The lowest BCUT2D eigenvalue weighted by Crippen LogP contribution is -2.25. The Hall–Kier alpha value is -1.39. The van der Waals surface area contributed by atoms with E-state index in [1.54, 1.807) is 19.2 Å². The largest absolute Gasteiger partial charge is 0.496 e. The second-order valence-corrected chi connectivity index (χ2v) is 4.63. The van der Waals surface area contributed by atoms with E-state index >= 15 is 0 Å². The Bertz CT molecular complexity index is 410. The quantitative estimate of drug-likeness (QED) is 0.740. The van der Waals surface area contributed by atoms with Gasteiger partial charge in [0.05, 0.1) is 25.4 Å². The molecule has 0 radical (unpaired) electrons. The van der Waals surface area contributed by atoms with Crippen LogP contribution < -0.4 is 4.74 Å². The summed E-state index contributed by atoms with van der Waals surface area (Å²) in [6.07, 6.45) is 3.45. The van der Waals surface area contributed by atoms with Gasteiger partial charge in [-0.15, -0.1) is 0 Å². The molecule has 1 aromatic rings. The first-order valence-electron chi connectivity index (χ1n) is 6.67. The zero-order valence-electron chi connectivity index (χ0n) is 11.3. The molecular formula is C15H20O4. The smallest absolute Gasteiger partial charge is 0.192 e. The van der Waals surface area contributed by atoms with Crippen LogP contribution in [0.5, 0.6) is 5.75 Å². The lowest BCUT2D eigenvalue weighted by atomic mass is 10.1. The van der Waals surface area contributed by atoms with Crippen LogP contribution in [0, 0.1) is 0 Å². The molecule has 0 N–H and O–H groups in total. The van der Waals surface area contributed by atoms with Crippen LogP contribution in [0.4, 0.5) is 0 Å². The first kappa shape index (κ1) is 14.0. The molecule has 0 aliphatic carbocycles. The number of rotatable bonds is 6. The summed E-state index contributed by atoms with van der Waals surface area (Å²) in [4.78, 5) is 12.0. The second kappa shape index (κ2) is 7.26. The maximum Gasteiger partial charge on any atom is 0.192 e. The molecule has 4 nitrogen and oxygen atoms in total. The van der Waals surface area contributed by atoms with E-state index in [1.165, 1.54) is 6.42 Å². The fraction of sp³-hybridized carbons (Fsp3) is 0.533. The van der Waals surface area contributed by atoms with Gasteiger partial charge in [0, 0.05) is 6.61 Å². The lowest BCUT2D eigenvalue weighted by molar-refractivity contribution is -0.0370. The van der Waals surface area contributed by atoms with Crippen molar-refractivity contribution in [3.63, 3.8) is 0 Å². The molecule has 0 bridgehead atoms. The van der Waals surface area contributed by atoms with Gasteiger partial charge in [0.1, 0.15) is 12.4 Å². The summed E-state index contributed by atoms with van der Waals surface area (Å²) in [5.41, 5.74) is 0.564. The molecule has 0 aromatic heterocycles. The third kappa shape index (κ3) is 4.04. The highest BCUT2D eigenvalue weighted by Crippen LogP contribution is 2.18. The van der Waals surface area contributed by atoms with E-state index in [-0.39, 0.29) is 18.5 Å². The zero-order chi connectivity index (χ0) is 13.5. The molecule has 1 fully saturated rings. The van der Waals surface area contributed by atoms with E-state index in [9.17, 15) is 4.79 Å². The predicted octanol–water partition coefficient (Wildman–Crippen LogP) is 2.46. The van der Waals surface area contributed by atoms with Gasteiger partial charge >= 0.3 is 0 Å². The van der Waals surface area contributed by atoms with E-state index in [2.05, 4.69) is 0 Å². The minimum absolute atomic E-state index is 0.0618. The number of carbonyl (C=O) groups is 1. The molecule has 0 amide bonds. The van der Waals surface area contributed by atoms with Gasteiger partial charge in [0.2, 0.25) is 0 Å². The van der Waals surface area contributed by atoms with Crippen molar-refractivity contribution in [1.29, 1.82) is 0 Å². The van der Waals surface area contributed by atoms with Crippen molar-refractivity contribution in [1.82, 2.24) is 0 Å². The third-order valence-corrected chi connectivity index (χ3v) is 3.22. The molecule has 1 aromatic carbocycles. The van der Waals surface area contributed by atoms with Crippen LogP contribution in [-0.4, -0.2) is 38.8 Å². The van der Waals surface area contributed by atoms with Crippen molar-refractivity contribution in [3.05, 3.63) is 29.8 Å². The number of para-hydroxylation sites is 1. The molecule has 104 valence electrons. The molecule has 1 heterocycles. The van der Waals surface area contributed by atoms with E-state index in [1.807, 2.05) is 12.1 Å². The van der Waals surface area contributed by atoms with Crippen molar-refractivity contribution in [3.8, 4) is 5.75 Å². The van der Waals surface area contributed by atoms with Crippen LogP contribution in [0.25, 0.3) is 0 Å². The average Bonchev–Trinajstić information content (AvgIpc) is 2.48. The van der Waals surface area contributed by atoms with Gasteiger partial charge in [-0.25, -0.2) is 0 Å². The van der Waals surface area contributed by atoms with Crippen molar-refractivity contribution >= 4 is 5.78 Å². The van der Waals surface area contributed by atoms with Crippen molar-refractivity contribution in [2.45, 2.75) is 25.4 Å². The average molecular weight is 264 g/mol. The van der Waals surface area contributed by atoms with Gasteiger partial charge < -0.3 is 14.2 Å². The number of benzene rings is 1. The Balaban J connectivity index is 1.80. The molecule has 19 heavy (non-hydrogen) atoms. The molecule has 2 rings (SSSR count). The zero-order valence-corrected chi connectivity index (χ0v) is 11.3. The maximum absolute atomic E-state index is 12.0. The molecule has 1 saturated heterocycles. The Labute approximate surface area is 113 Å². The van der Waals surface area contributed by atoms with Crippen LogP contribution in [-0.2, 0) is 9.47 Å². The van der Waals surface area contributed by atoms with Crippen LogP contribution in [0.3, 0.4) is 0 Å². The van der Waals surface area contributed by atoms with Crippen molar-refractivity contribution in [2.75, 3.05) is 26.9 Å². The van der Waals surface area contributed by atoms with Crippen LogP contribution in [0.15, 0.2) is 24.3 Å². The van der Waals surface area contributed by atoms with E-state index < -0.39 is 0 Å². The first-order chi connectivity index (χ1) is 9.31. The lowest BCUT2D eigenvalue weighted by Gasteiger charge is -2.22. The highest BCUT2D eigenvalue weighted by Gasteiger charge is 2.16. The SMILES string of the molecule is COc1ccccc1C(=O)COCC1CCCCO1. The molecule has 1 unspecified atom stereocenters. The van der Waals surface area contributed by atoms with Crippen LogP contribution in [0.2, 0.25) is 0 Å². The number of carbonyl (C=O) groups excluding carboxylic acids is 1. The minimum Gasteiger partial charge on any atom is -0.496 e. The Morgan fingerprint density at radius 3 is 2.95 bits per heavy atom.